The van der Waals surface area contributed by atoms with E-state index < -0.39 is 9.84 Å². The second-order valence-electron chi connectivity index (χ2n) is 4.64. The molecule has 1 aromatic rings. The molecule has 0 aliphatic carbocycles. The Morgan fingerprint density at radius 1 is 1.33 bits per heavy atom. The Morgan fingerprint density at radius 3 is 2.52 bits per heavy atom. The third-order valence-corrected chi connectivity index (χ3v) is 4.89. The van der Waals surface area contributed by atoms with Gasteiger partial charge < -0.3 is 9.64 Å². The van der Waals surface area contributed by atoms with Crippen molar-refractivity contribution in [2.45, 2.75) is 5.75 Å². The van der Waals surface area contributed by atoms with E-state index >= 15 is 0 Å². The molecule has 1 saturated heterocycles. The Hall–Kier alpha value is -1.55. The van der Waals surface area contributed by atoms with Crippen molar-refractivity contribution in [2.24, 2.45) is 0 Å². The Balaban J connectivity index is 2.17. The van der Waals surface area contributed by atoms with E-state index in [0.717, 1.165) is 0 Å². The highest BCUT2D eigenvalue weighted by atomic mass is 35.5. The van der Waals surface area contributed by atoms with Crippen LogP contribution >= 0.6 is 11.6 Å². The minimum Gasteiger partial charge on any atom is -0.378 e. The molecule has 0 aromatic heterocycles. The van der Waals surface area contributed by atoms with Gasteiger partial charge in [-0.3, -0.25) is 0 Å². The minimum atomic E-state index is -3.66. The first-order valence-electron chi connectivity index (χ1n) is 6.42. The zero-order chi connectivity index (χ0) is 15.3. The SMILES string of the molecule is N#C/C(=C\N1CCOCC1)S(=O)(=O)Cc1ccc(Cl)cc1. The lowest BCUT2D eigenvalue weighted by molar-refractivity contribution is 0.0593. The van der Waals surface area contributed by atoms with Crippen molar-refractivity contribution in [2.75, 3.05) is 26.3 Å². The Labute approximate surface area is 129 Å². The van der Waals surface area contributed by atoms with E-state index in [1.807, 2.05) is 0 Å². The van der Waals surface area contributed by atoms with Crippen molar-refractivity contribution in [3.05, 3.63) is 46.0 Å². The predicted octanol–water partition coefficient (Wildman–Crippen LogP) is 1.95. The molecule has 2 rings (SSSR count). The van der Waals surface area contributed by atoms with Gasteiger partial charge in [-0.15, -0.1) is 0 Å². The minimum absolute atomic E-state index is 0.214. The third-order valence-electron chi connectivity index (χ3n) is 3.06. The van der Waals surface area contributed by atoms with Crippen LogP contribution in [-0.2, 0) is 20.3 Å². The fourth-order valence-corrected chi connectivity index (χ4v) is 3.29. The number of halogens is 1. The molecule has 0 N–H and O–H groups in total. The molecule has 1 aliphatic rings. The van der Waals surface area contributed by atoms with Crippen LogP contribution in [0.4, 0.5) is 0 Å². The van der Waals surface area contributed by atoms with Crippen LogP contribution in [0.1, 0.15) is 5.56 Å². The zero-order valence-electron chi connectivity index (χ0n) is 11.3. The average molecular weight is 327 g/mol. The van der Waals surface area contributed by atoms with E-state index in [1.54, 1.807) is 35.2 Å². The van der Waals surface area contributed by atoms with Crippen LogP contribution in [0, 0.1) is 11.3 Å². The molecule has 0 saturated carbocycles. The highest BCUT2D eigenvalue weighted by Crippen LogP contribution is 2.17. The van der Waals surface area contributed by atoms with E-state index in [0.29, 0.717) is 36.9 Å². The third kappa shape index (κ3) is 4.46. The second kappa shape index (κ2) is 6.94. The fraction of sp³-hybridized carbons (Fsp3) is 0.357. The van der Waals surface area contributed by atoms with Gasteiger partial charge in [-0.05, 0) is 17.7 Å². The standard InChI is InChI=1S/C14H15ClN2O3S/c15-13-3-1-12(2-4-13)11-21(18,19)14(9-16)10-17-5-7-20-8-6-17/h1-4,10H,5-8,11H2/b14-10+. The molecule has 5 nitrogen and oxygen atoms in total. The van der Waals surface area contributed by atoms with Crippen molar-refractivity contribution in [3.8, 4) is 6.07 Å². The number of allylic oxidation sites excluding steroid dienone is 1. The molecule has 0 bridgehead atoms. The summed E-state index contributed by atoms with van der Waals surface area (Å²) in [5.74, 6) is -0.214. The average Bonchev–Trinajstić information content (AvgIpc) is 2.48. The summed E-state index contributed by atoms with van der Waals surface area (Å²) in [4.78, 5) is 1.57. The molecule has 1 aliphatic heterocycles. The smallest absolute Gasteiger partial charge is 0.193 e. The maximum Gasteiger partial charge on any atom is 0.193 e. The summed E-state index contributed by atoms with van der Waals surface area (Å²) in [6.45, 7) is 2.24. The van der Waals surface area contributed by atoms with Gasteiger partial charge >= 0.3 is 0 Å². The summed E-state index contributed by atoms with van der Waals surface area (Å²) in [6, 6.07) is 8.33. The molecule has 0 amide bonds. The van der Waals surface area contributed by atoms with Crippen LogP contribution in [0.5, 0.6) is 0 Å². The number of rotatable bonds is 4. The first-order valence-corrected chi connectivity index (χ1v) is 8.45. The fourth-order valence-electron chi connectivity index (χ4n) is 1.93. The largest absolute Gasteiger partial charge is 0.378 e. The quantitative estimate of drug-likeness (QED) is 0.791. The van der Waals surface area contributed by atoms with Gasteiger partial charge in [0.2, 0.25) is 0 Å². The van der Waals surface area contributed by atoms with Gasteiger partial charge in [-0.1, -0.05) is 23.7 Å². The normalized spacial score (nSPS) is 16.6. The van der Waals surface area contributed by atoms with Gasteiger partial charge in [-0.25, -0.2) is 8.42 Å². The van der Waals surface area contributed by atoms with Crippen molar-refractivity contribution in [1.82, 2.24) is 4.90 Å². The predicted molar refractivity (Wildman–Crippen MR) is 80.2 cm³/mol. The lowest BCUT2D eigenvalue weighted by Crippen LogP contribution is -2.32. The van der Waals surface area contributed by atoms with Gasteiger partial charge in [0.1, 0.15) is 6.07 Å². The van der Waals surface area contributed by atoms with Crippen molar-refractivity contribution >= 4 is 21.4 Å². The summed E-state index contributed by atoms with van der Waals surface area (Å²) in [7, 11) is -3.66. The van der Waals surface area contributed by atoms with Crippen molar-refractivity contribution < 1.29 is 13.2 Å². The maximum absolute atomic E-state index is 12.3. The maximum atomic E-state index is 12.3. The van der Waals surface area contributed by atoms with Crippen LogP contribution in [0.2, 0.25) is 5.02 Å². The summed E-state index contributed by atoms with van der Waals surface area (Å²) in [5, 5.41) is 9.68. The monoisotopic (exact) mass is 326 g/mol. The van der Waals surface area contributed by atoms with Crippen molar-refractivity contribution in [3.63, 3.8) is 0 Å². The number of nitrogens with zero attached hydrogens (tertiary/aromatic N) is 2. The molecule has 1 aromatic carbocycles. The van der Waals surface area contributed by atoms with Crippen molar-refractivity contribution in [1.29, 1.82) is 5.26 Å². The lowest BCUT2D eigenvalue weighted by Gasteiger charge is -2.25. The molecule has 7 heteroatoms. The number of morpholine rings is 1. The number of hydrogen-bond donors (Lipinski definition) is 0. The first kappa shape index (κ1) is 15.8. The van der Waals surface area contributed by atoms with Crippen LogP contribution in [0.25, 0.3) is 0 Å². The van der Waals surface area contributed by atoms with Gasteiger partial charge in [0.15, 0.2) is 14.7 Å². The van der Waals surface area contributed by atoms with Gasteiger partial charge in [0.05, 0.1) is 19.0 Å². The molecule has 1 heterocycles. The molecule has 0 atom stereocenters. The van der Waals surface area contributed by atoms with Gasteiger partial charge in [0, 0.05) is 24.3 Å². The number of benzene rings is 1. The summed E-state index contributed by atoms with van der Waals surface area (Å²) in [6.07, 6.45) is 1.41. The van der Waals surface area contributed by atoms with Crippen LogP contribution in [-0.4, -0.2) is 39.6 Å². The van der Waals surface area contributed by atoms with Gasteiger partial charge in [0.25, 0.3) is 0 Å². The van der Waals surface area contributed by atoms with E-state index in [1.165, 1.54) is 6.20 Å². The molecular formula is C14H15ClN2O3S. The number of nitriles is 1. The summed E-state index contributed by atoms with van der Waals surface area (Å²) < 4.78 is 29.8. The van der Waals surface area contributed by atoms with E-state index in [9.17, 15) is 8.42 Å². The summed E-state index contributed by atoms with van der Waals surface area (Å²) >= 11 is 5.77. The van der Waals surface area contributed by atoms with E-state index in [4.69, 9.17) is 21.6 Å². The highest BCUT2D eigenvalue weighted by Gasteiger charge is 2.20. The molecule has 21 heavy (non-hydrogen) atoms. The number of ether oxygens (including phenoxy) is 1. The van der Waals surface area contributed by atoms with Crippen LogP contribution in [0.15, 0.2) is 35.4 Å². The number of hydrogen-bond acceptors (Lipinski definition) is 5. The summed E-state index contributed by atoms with van der Waals surface area (Å²) in [5.41, 5.74) is 0.600. The highest BCUT2D eigenvalue weighted by molar-refractivity contribution is 7.94. The molecule has 0 spiro atoms. The first-order chi connectivity index (χ1) is 10.0. The molecule has 112 valence electrons. The number of sulfone groups is 1. The van der Waals surface area contributed by atoms with Gasteiger partial charge in [-0.2, -0.15) is 5.26 Å². The Bertz CT molecular complexity index is 656. The van der Waals surface area contributed by atoms with Crippen LogP contribution in [0.3, 0.4) is 0 Å². The molecule has 0 radical (unpaired) electrons. The molecule has 0 unspecified atom stereocenters. The van der Waals surface area contributed by atoms with E-state index in [2.05, 4.69) is 0 Å². The van der Waals surface area contributed by atoms with Crippen LogP contribution < -0.4 is 0 Å². The Morgan fingerprint density at radius 2 is 1.95 bits per heavy atom. The lowest BCUT2D eigenvalue weighted by atomic mass is 10.2. The Kier molecular flexibility index (Phi) is 5.23. The zero-order valence-corrected chi connectivity index (χ0v) is 12.9. The topological polar surface area (TPSA) is 70.4 Å². The molecular weight excluding hydrogens is 312 g/mol. The molecule has 1 fully saturated rings. The second-order valence-corrected chi connectivity index (χ2v) is 7.03. The van der Waals surface area contributed by atoms with E-state index in [-0.39, 0.29) is 10.7 Å².